The van der Waals surface area contributed by atoms with Gasteiger partial charge in [0.05, 0.1) is 18.9 Å². The minimum atomic E-state index is -1.54. The molecule has 3 fully saturated rings. The monoisotopic (exact) mass is 339 g/mol. The zero-order valence-electron chi connectivity index (χ0n) is 13.8. The van der Waals surface area contributed by atoms with E-state index in [1.54, 1.807) is 13.8 Å². The van der Waals surface area contributed by atoms with Gasteiger partial charge in [-0.2, -0.15) is 0 Å². The lowest BCUT2D eigenvalue weighted by Crippen LogP contribution is -2.68. The lowest BCUT2D eigenvalue weighted by Gasteiger charge is -2.55. The highest BCUT2D eigenvalue weighted by molar-refractivity contribution is 6.10. The summed E-state index contributed by atoms with van der Waals surface area (Å²) in [6.07, 6.45) is 0.695. The van der Waals surface area contributed by atoms with Crippen LogP contribution in [-0.4, -0.2) is 40.9 Å². The molecule has 0 aromatic rings. The van der Waals surface area contributed by atoms with Gasteiger partial charge in [0.15, 0.2) is 5.78 Å². The van der Waals surface area contributed by atoms with E-state index in [9.17, 15) is 24.5 Å². The molecule has 8 heteroatoms. The van der Waals surface area contributed by atoms with Gasteiger partial charge < -0.3 is 9.47 Å². The van der Waals surface area contributed by atoms with Crippen LogP contribution >= 0.6 is 0 Å². The molecule has 0 aromatic carbocycles. The maximum atomic E-state index is 13.1. The van der Waals surface area contributed by atoms with E-state index in [0.717, 1.165) is 0 Å². The number of ether oxygens (including phenoxy) is 2. The molecule has 1 heterocycles. The van der Waals surface area contributed by atoms with Crippen LogP contribution in [0.1, 0.15) is 46.0 Å². The maximum absolute atomic E-state index is 13.1. The van der Waals surface area contributed by atoms with E-state index in [-0.39, 0.29) is 43.0 Å². The van der Waals surface area contributed by atoms with E-state index in [1.807, 2.05) is 0 Å². The number of carbonyl (C=O) groups excluding carboxylic acids is 3. The minimum Gasteiger partial charge on any atom is -0.466 e. The van der Waals surface area contributed by atoms with Crippen LogP contribution in [0.3, 0.4) is 0 Å². The van der Waals surface area contributed by atoms with Gasteiger partial charge in [-0.05, 0) is 33.1 Å². The van der Waals surface area contributed by atoms with E-state index in [4.69, 9.17) is 9.47 Å². The average Bonchev–Trinajstić information content (AvgIpc) is 2.48. The van der Waals surface area contributed by atoms with E-state index in [1.165, 1.54) is 0 Å². The van der Waals surface area contributed by atoms with Crippen LogP contribution in [0.25, 0.3) is 0 Å². The van der Waals surface area contributed by atoms with Crippen LogP contribution in [0.2, 0.25) is 0 Å². The summed E-state index contributed by atoms with van der Waals surface area (Å²) in [5, 5.41) is 11.3. The summed E-state index contributed by atoms with van der Waals surface area (Å²) >= 11 is 0. The molecule has 0 N–H and O–H groups in total. The summed E-state index contributed by atoms with van der Waals surface area (Å²) in [5.74, 6) is -2.85. The molecule has 132 valence electrons. The largest absolute Gasteiger partial charge is 0.466 e. The van der Waals surface area contributed by atoms with Gasteiger partial charge in [0.25, 0.3) is 0 Å². The van der Waals surface area contributed by atoms with Crippen molar-refractivity contribution in [2.75, 3.05) is 6.61 Å². The molecule has 2 saturated carbocycles. The number of nitrogens with zero attached hydrogens (tertiary/aromatic N) is 1. The third-order valence-corrected chi connectivity index (χ3v) is 5.91. The molecule has 8 nitrogen and oxygen atoms in total. The predicted octanol–water partition coefficient (Wildman–Crippen LogP) is 1.28. The first-order valence-electron chi connectivity index (χ1n) is 8.32. The maximum Gasteiger partial charge on any atom is 0.320 e. The van der Waals surface area contributed by atoms with Gasteiger partial charge in [-0.15, -0.1) is 0 Å². The van der Waals surface area contributed by atoms with Gasteiger partial charge in [-0.25, -0.2) is 0 Å². The highest BCUT2D eigenvalue weighted by Crippen LogP contribution is 2.57. The quantitative estimate of drug-likeness (QED) is 0.328. The van der Waals surface area contributed by atoms with Crippen molar-refractivity contribution in [1.82, 2.24) is 0 Å². The summed E-state index contributed by atoms with van der Waals surface area (Å²) in [6, 6.07) is -0.801. The molecule has 0 radical (unpaired) electrons. The topological polar surface area (TPSA) is 113 Å². The van der Waals surface area contributed by atoms with Crippen molar-refractivity contribution in [2.24, 2.45) is 17.3 Å². The number of hydrogen-bond donors (Lipinski definition) is 0. The van der Waals surface area contributed by atoms with E-state index in [0.29, 0.717) is 6.42 Å². The minimum absolute atomic E-state index is 0.102. The van der Waals surface area contributed by atoms with Crippen molar-refractivity contribution in [3.8, 4) is 0 Å². The second kappa shape index (κ2) is 5.53. The smallest absolute Gasteiger partial charge is 0.320 e. The van der Waals surface area contributed by atoms with E-state index in [2.05, 4.69) is 0 Å². The Labute approximate surface area is 139 Å². The molecular formula is C16H21NO7. The first-order chi connectivity index (χ1) is 11.2. The molecule has 24 heavy (non-hydrogen) atoms. The van der Waals surface area contributed by atoms with Gasteiger partial charge in [0.2, 0.25) is 6.04 Å². The highest BCUT2D eigenvalue weighted by atomic mass is 16.6. The molecule has 0 aromatic heterocycles. The van der Waals surface area contributed by atoms with Gasteiger partial charge in [0, 0.05) is 17.3 Å². The zero-order chi connectivity index (χ0) is 17.7. The molecule has 1 saturated heterocycles. The summed E-state index contributed by atoms with van der Waals surface area (Å²) in [7, 11) is 0. The number of hydrogen-bond acceptors (Lipinski definition) is 7. The number of rotatable bonds is 4. The van der Waals surface area contributed by atoms with E-state index < -0.39 is 40.8 Å². The van der Waals surface area contributed by atoms with Crippen molar-refractivity contribution in [2.45, 2.75) is 57.6 Å². The third-order valence-electron chi connectivity index (χ3n) is 5.91. The fourth-order valence-electron chi connectivity index (χ4n) is 4.74. The summed E-state index contributed by atoms with van der Waals surface area (Å²) in [4.78, 5) is 48.7. The van der Waals surface area contributed by atoms with Crippen LogP contribution in [0.15, 0.2) is 0 Å². The van der Waals surface area contributed by atoms with Crippen molar-refractivity contribution < 1.29 is 28.8 Å². The predicted molar refractivity (Wildman–Crippen MR) is 79.4 cm³/mol. The molecule has 2 bridgehead atoms. The Bertz CT molecular complexity index is 618. The lowest BCUT2D eigenvalue weighted by molar-refractivity contribution is -0.541. The summed E-state index contributed by atoms with van der Waals surface area (Å²) < 4.78 is 10.5. The Morgan fingerprint density at radius 2 is 2.08 bits per heavy atom. The van der Waals surface area contributed by atoms with Crippen molar-refractivity contribution in [3.05, 3.63) is 10.1 Å². The number of nitro groups is 1. The van der Waals surface area contributed by atoms with Gasteiger partial charge in [-0.1, -0.05) is 0 Å². The van der Waals surface area contributed by atoms with Gasteiger partial charge >= 0.3 is 11.9 Å². The molecule has 3 rings (SSSR count). The molecule has 5 atom stereocenters. The molecule has 0 unspecified atom stereocenters. The van der Waals surface area contributed by atoms with Crippen LogP contribution < -0.4 is 0 Å². The molecule has 0 spiro atoms. The van der Waals surface area contributed by atoms with Crippen molar-refractivity contribution >= 4 is 17.7 Å². The number of esters is 2. The fraction of sp³-hybridized carbons (Fsp3) is 0.812. The van der Waals surface area contributed by atoms with Crippen LogP contribution in [0.4, 0.5) is 0 Å². The van der Waals surface area contributed by atoms with Gasteiger partial charge in [0.1, 0.15) is 11.0 Å². The zero-order valence-corrected chi connectivity index (χ0v) is 13.8. The second-order valence-electron chi connectivity index (χ2n) is 7.20. The SMILES string of the molecule is CCOC(=O)C[C@@]12CC[C@H]3[C@H]([N+](=O)[O-])CC[C@@](C)(OC1=O)[C@H]3C2=O. The Morgan fingerprint density at radius 1 is 1.38 bits per heavy atom. The normalized spacial score (nSPS) is 40.7. The Morgan fingerprint density at radius 3 is 2.71 bits per heavy atom. The summed E-state index contributed by atoms with van der Waals surface area (Å²) in [6.45, 7) is 3.48. The lowest BCUT2D eigenvalue weighted by atomic mass is 9.52. The number of Topliss-reactive ketones (excluding diaryl/α,β-unsaturated/α-hetero) is 1. The first-order valence-corrected chi connectivity index (χ1v) is 8.32. The van der Waals surface area contributed by atoms with Gasteiger partial charge in [-0.3, -0.25) is 24.5 Å². The van der Waals surface area contributed by atoms with E-state index >= 15 is 0 Å². The number of carbonyl (C=O) groups is 3. The molecule has 2 aliphatic carbocycles. The fourth-order valence-corrected chi connectivity index (χ4v) is 4.74. The van der Waals surface area contributed by atoms with Crippen molar-refractivity contribution in [1.29, 1.82) is 0 Å². The highest BCUT2D eigenvalue weighted by Gasteiger charge is 2.69. The standard InChI is InChI=1S/C16H21NO7/c1-3-23-11(18)8-16-7-4-9-10(17(21)22)5-6-15(2,24-14(16)20)12(9)13(16)19/h9-10,12H,3-8H2,1-2H3/t9-,10+,12+,15+,16+/m0/s1. The second-order valence-corrected chi connectivity index (χ2v) is 7.20. The Kier molecular flexibility index (Phi) is 3.88. The molecule has 3 aliphatic rings. The van der Waals surface area contributed by atoms with Crippen molar-refractivity contribution in [3.63, 3.8) is 0 Å². The van der Waals surface area contributed by atoms with Crippen LogP contribution in [0, 0.1) is 27.4 Å². The third kappa shape index (κ3) is 2.22. The molecule has 0 amide bonds. The molecule has 1 aliphatic heterocycles. The Hall–Kier alpha value is -1.99. The molecular weight excluding hydrogens is 318 g/mol. The number of ketones is 1. The van der Waals surface area contributed by atoms with Crippen LogP contribution in [0.5, 0.6) is 0 Å². The average molecular weight is 339 g/mol. The summed E-state index contributed by atoms with van der Waals surface area (Å²) in [5.41, 5.74) is -2.55. The number of fused-ring (bicyclic) bond motifs is 1. The Balaban J connectivity index is 1.97. The first kappa shape index (κ1) is 16.9. The van der Waals surface area contributed by atoms with Crippen LogP contribution in [-0.2, 0) is 23.9 Å².